The van der Waals surface area contributed by atoms with Gasteiger partial charge < -0.3 is 14.8 Å². The van der Waals surface area contributed by atoms with Crippen molar-refractivity contribution in [2.45, 2.75) is 20.8 Å². The van der Waals surface area contributed by atoms with Crippen molar-refractivity contribution in [3.05, 3.63) is 64.8 Å². The molecule has 0 saturated heterocycles. The predicted octanol–water partition coefficient (Wildman–Crippen LogP) is 4.56. The van der Waals surface area contributed by atoms with Crippen LogP contribution in [0.3, 0.4) is 0 Å². The molecular weight excluding hydrogens is 356 g/mol. The first-order valence-corrected chi connectivity index (χ1v) is 8.97. The van der Waals surface area contributed by atoms with Crippen LogP contribution in [0.1, 0.15) is 38.8 Å². The van der Waals surface area contributed by atoms with Crippen molar-refractivity contribution in [2.24, 2.45) is 0 Å². The van der Waals surface area contributed by atoms with E-state index >= 15 is 0 Å². The lowest BCUT2D eigenvalue weighted by molar-refractivity contribution is 0.0526. The highest BCUT2D eigenvalue weighted by molar-refractivity contribution is 6.11. The number of hydrogen-bond donors (Lipinski definition) is 1. The fourth-order valence-electron chi connectivity index (χ4n) is 2.96. The summed E-state index contributed by atoms with van der Waals surface area (Å²) >= 11 is 0. The molecule has 2 aromatic carbocycles. The maximum atomic E-state index is 12.5. The number of benzene rings is 2. The average Bonchev–Trinajstić information content (AvgIpc) is 2.70. The van der Waals surface area contributed by atoms with Crippen LogP contribution in [0.15, 0.2) is 42.6 Å². The van der Waals surface area contributed by atoms with E-state index in [0.29, 0.717) is 27.7 Å². The second-order valence-corrected chi connectivity index (χ2v) is 6.38. The number of anilines is 2. The van der Waals surface area contributed by atoms with Crippen molar-refractivity contribution in [1.29, 1.82) is 0 Å². The molecule has 0 bridgehead atoms. The van der Waals surface area contributed by atoms with E-state index in [2.05, 4.69) is 10.3 Å². The molecule has 3 aromatic rings. The van der Waals surface area contributed by atoms with Gasteiger partial charge in [0.1, 0.15) is 5.56 Å². The first kappa shape index (κ1) is 19.4. The van der Waals surface area contributed by atoms with Gasteiger partial charge in [-0.2, -0.15) is 0 Å². The van der Waals surface area contributed by atoms with Gasteiger partial charge in [-0.3, -0.25) is 4.98 Å². The third-order valence-corrected chi connectivity index (χ3v) is 4.57. The highest BCUT2D eigenvalue weighted by atomic mass is 16.5. The van der Waals surface area contributed by atoms with E-state index in [9.17, 15) is 9.59 Å². The second-order valence-electron chi connectivity index (χ2n) is 6.38. The minimum atomic E-state index is -0.487. The standard InChI is InChI=1S/C22H22N2O4/c1-5-28-22(26)18-12-23-19-16(7-6-8-17(19)21(25)27-4)20(18)24-15-10-9-13(2)14(3)11-15/h6-12H,5H2,1-4H3,(H,23,24). The maximum Gasteiger partial charge on any atom is 0.341 e. The van der Waals surface area contributed by atoms with Crippen molar-refractivity contribution in [3.63, 3.8) is 0 Å². The van der Waals surface area contributed by atoms with E-state index in [1.54, 1.807) is 25.1 Å². The van der Waals surface area contributed by atoms with E-state index in [1.165, 1.54) is 18.9 Å². The maximum absolute atomic E-state index is 12.5. The van der Waals surface area contributed by atoms with Gasteiger partial charge in [0.25, 0.3) is 0 Å². The van der Waals surface area contributed by atoms with Gasteiger partial charge in [-0.25, -0.2) is 9.59 Å². The van der Waals surface area contributed by atoms with Gasteiger partial charge >= 0.3 is 11.9 Å². The first-order chi connectivity index (χ1) is 13.5. The first-order valence-electron chi connectivity index (χ1n) is 8.97. The van der Waals surface area contributed by atoms with E-state index in [-0.39, 0.29) is 6.61 Å². The second kappa shape index (κ2) is 8.08. The molecule has 28 heavy (non-hydrogen) atoms. The molecule has 0 radical (unpaired) electrons. The average molecular weight is 378 g/mol. The molecule has 0 aliphatic rings. The van der Waals surface area contributed by atoms with Crippen molar-refractivity contribution in [1.82, 2.24) is 4.98 Å². The van der Waals surface area contributed by atoms with Gasteiger partial charge in [0, 0.05) is 17.3 Å². The van der Waals surface area contributed by atoms with Crippen LogP contribution in [-0.4, -0.2) is 30.6 Å². The molecule has 6 heteroatoms. The number of pyridine rings is 1. The molecule has 1 heterocycles. The number of aryl methyl sites for hydroxylation is 2. The largest absolute Gasteiger partial charge is 0.465 e. The summed E-state index contributed by atoms with van der Waals surface area (Å²) in [5.41, 5.74) is 4.74. The summed E-state index contributed by atoms with van der Waals surface area (Å²) < 4.78 is 10.0. The number of nitrogens with one attached hydrogen (secondary N) is 1. The summed E-state index contributed by atoms with van der Waals surface area (Å²) in [6, 6.07) is 11.1. The fourth-order valence-corrected chi connectivity index (χ4v) is 2.96. The number of nitrogens with zero attached hydrogens (tertiary/aromatic N) is 1. The summed E-state index contributed by atoms with van der Waals surface area (Å²) in [5, 5.41) is 3.95. The van der Waals surface area contributed by atoms with Crippen molar-refractivity contribution in [2.75, 3.05) is 19.0 Å². The molecule has 0 aliphatic heterocycles. The predicted molar refractivity (Wildman–Crippen MR) is 108 cm³/mol. The van der Waals surface area contributed by atoms with E-state index in [1.807, 2.05) is 32.0 Å². The van der Waals surface area contributed by atoms with Gasteiger partial charge in [0.05, 0.1) is 30.5 Å². The minimum absolute atomic E-state index is 0.252. The smallest absolute Gasteiger partial charge is 0.341 e. The number of carbonyl (C=O) groups is 2. The SMILES string of the molecule is CCOC(=O)c1cnc2c(C(=O)OC)cccc2c1Nc1ccc(C)c(C)c1. The Bertz CT molecular complexity index is 1060. The monoisotopic (exact) mass is 378 g/mol. The Morgan fingerprint density at radius 1 is 1.04 bits per heavy atom. The summed E-state index contributed by atoms with van der Waals surface area (Å²) in [7, 11) is 1.32. The molecule has 144 valence electrons. The minimum Gasteiger partial charge on any atom is -0.465 e. The lowest BCUT2D eigenvalue weighted by Crippen LogP contribution is -2.11. The fraction of sp³-hybridized carbons (Fsp3) is 0.227. The normalized spacial score (nSPS) is 10.6. The van der Waals surface area contributed by atoms with Gasteiger partial charge in [-0.15, -0.1) is 0 Å². The number of para-hydroxylation sites is 1. The zero-order valence-corrected chi connectivity index (χ0v) is 16.3. The van der Waals surface area contributed by atoms with Gasteiger partial charge in [-0.1, -0.05) is 18.2 Å². The Morgan fingerprint density at radius 2 is 1.82 bits per heavy atom. The number of hydrogen-bond acceptors (Lipinski definition) is 6. The van der Waals surface area contributed by atoms with Crippen LogP contribution >= 0.6 is 0 Å². The Labute approximate surface area is 163 Å². The third-order valence-electron chi connectivity index (χ3n) is 4.57. The Hall–Kier alpha value is -3.41. The molecule has 6 nitrogen and oxygen atoms in total. The number of aromatic nitrogens is 1. The molecule has 0 fully saturated rings. The number of methoxy groups -OCH3 is 1. The Kier molecular flexibility index (Phi) is 5.59. The molecule has 0 amide bonds. The lowest BCUT2D eigenvalue weighted by atomic mass is 10.0. The van der Waals surface area contributed by atoms with E-state index < -0.39 is 11.9 Å². The number of rotatable bonds is 5. The van der Waals surface area contributed by atoms with Gasteiger partial charge in [0.15, 0.2) is 0 Å². The Balaban J connectivity index is 2.22. The van der Waals surface area contributed by atoms with Crippen LogP contribution in [0.4, 0.5) is 11.4 Å². The number of esters is 2. The van der Waals surface area contributed by atoms with Crippen LogP contribution in [0.25, 0.3) is 10.9 Å². The van der Waals surface area contributed by atoms with Crippen LogP contribution < -0.4 is 5.32 Å². The molecule has 0 unspecified atom stereocenters. The topological polar surface area (TPSA) is 77.5 Å². The zero-order chi connectivity index (χ0) is 20.3. The highest BCUT2D eigenvalue weighted by Gasteiger charge is 2.20. The van der Waals surface area contributed by atoms with Crippen LogP contribution in [0.5, 0.6) is 0 Å². The molecule has 1 N–H and O–H groups in total. The number of carbonyl (C=O) groups excluding carboxylic acids is 2. The molecule has 3 rings (SSSR count). The van der Waals surface area contributed by atoms with Crippen molar-refractivity contribution >= 4 is 34.2 Å². The molecule has 0 saturated carbocycles. The number of ether oxygens (including phenoxy) is 2. The lowest BCUT2D eigenvalue weighted by Gasteiger charge is -2.16. The van der Waals surface area contributed by atoms with Crippen LogP contribution in [0.2, 0.25) is 0 Å². The molecular formula is C22H22N2O4. The third kappa shape index (κ3) is 3.67. The molecule has 0 atom stereocenters. The molecule has 1 aromatic heterocycles. The molecule has 0 spiro atoms. The van der Waals surface area contributed by atoms with Crippen LogP contribution in [0, 0.1) is 13.8 Å². The zero-order valence-electron chi connectivity index (χ0n) is 16.3. The van der Waals surface area contributed by atoms with Crippen LogP contribution in [-0.2, 0) is 9.47 Å². The van der Waals surface area contributed by atoms with E-state index in [0.717, 1.165) is 11.3 Å². The summed E-state index contributed by atoms with van der Waals surface area (Å²) in [4.78, 5) is 29.0. The Morgan fingerprint density at radius 3 is 2.50 bits per heavy atom. The summed E-state index contributed by atoms with van der Waals surface area (Å²) in [5.74, 6) is -0.967. The van der Waals surface area contributed by atoms with Gasteiger partial charge in [0.2, 0.25) is 0 Å². The summed E-state index contributed by atoms with van der Waals surface area (Å²) in [6.07, 6.45) is 1.43. The van der Waals surface area contributed by atoms with Crippen molar-refractivity contribution < 1.29 is 19.1 Å². The number of fused-ring (bicyclic) bond motifs is 1. The highest BCUT2D eigenvalue weighted by Crippen LogP contribution is 2.32. The quantitative estimate of drug-likeness (QED) is 0.656. The van der Waals surface area contributed by atoms with E-state index in [4.69, 9.17) is 9.47 Å². The summed E-state index contributed by atoms with van der Waals surface area (Å²) in [6.45, 7) is 6.06. The molecule has 0 aliphatic carbocycles. The van der Waals surface area contributed by atoms with Crippen molar-refractivity contribution in [3.8, 4) is 0 Å². The van der Waals surface area contributed by atoms with Gasteiger partial charge in [-0.05, 0) is 50.1 Å².